The Kier molecular flexibility index (Phi) is 5.37. The Labute approximate surface area is 196 Å². The predicted octanol–water partition coefficient (Wildman–Crippen LogP) is 3.69. The Morgan fingerprint density at radius 1 is 1.21 bits per heavy atom. The molecule has 1 aromatic rings. The highest BCUT2D eigenvalue weighted by atomic mass is 32.2. The third kappa shape index (κ3) is 3.34. The van der Waals surface area contributed by atoms with Gasteiger partial charge in [-0.2, -0.15) is 5.26 Å². The zero-order chi connectivity index (χ0) is 23.6. The zero-order valence-electron chi connectivity index (χ0n) is 19.8. The van der Waals surface area contributed by atoms with E-state index in [1.54, 1.807) is 16.8 Å². The molecule has 0 amide bonds. The number of imidazole rings is 1. The first kappa shape index (κ1) is 22.8. The second-order valence-corrected chi connectivity index (χ2v) is 13.3. The molecule has 3 aliphatic carbocycles. The summed E-state index contributed by atoms with van der Waals surface area (Å²) in [6.45, 7) is 5.97. The number of nitrogens with zero attached hydrogens (tertiary/aromatic N) is 4. The summed E-state index contributed by atoms with van der Waals surface area (Å²) in [4.78, 5) is 16.4. The van der Waals surface area contributed by atoms with Crippen molar-refractivity contribution in [1.82, 2.24) is 13.9 Å². The van der Waals surface area contributed by atoms with E-state index in [2.05, 4.69) is 24.9 Å². The molecule has 0 N–H and O–H groups in total. The summed E-state index contributed by atoms with van der Waals surface area (Å²) < 4.78 is 28.2. The minimum Gasteiger partial charge on any atom is -0.298 e. The first-order chi connectivity index (χ1) is 15.6. The van der Waals surface area contributed by atoms with Crippen molar-refractivity contribution in [3.05, 3.63) is 23.8 Å². The first-order valence-corrected chi connectivity index (χ1v) is 14.0. The van der Waals surface area contributed by atoms with E-state index in [0.29, 0.717) is 42.5 Å². The molecule has 33 heavy (non-hydrogen) atoms. The van der Waals surface area contributed by atoms with Crippen LogP contribution >= 0.6 is 0 Å². The number of nitriles is 1. The zero-order valence-corrected chi connectivity index (χ0v) is 20.6. The normalized spacial score (nSPS) is 39.2. The maximum absolute atomic E-state index is 12.3. The molecule has 0 radical (unpaired) electrons. The molecule has 0 aromatic carbocycles. The van der Waals surface area contributed by atoms with Crippen LogP contribution in [0.2, 0.25) is 0 Å². The van der Waals surface area contributed by atoms with E-state index < -0.39 is 10.0 Å². The van der Waals surface area contributed by atoms with Crippen LogP contribution in [-0.4, -0.2) is 47.9 Å². The minimum absolute atomic E-state index is 0.126. The van der Waals surface area contributed by atoms with Crippen LogP contribution in [0.5, 0.6) is 0 Å². The van der Waals surface area contributed by atoms with Gasteiger partial charge in [0.15, 0.2) is 0 Å². The molecule has 8 heteroatoms. The highest BCUT2D eigenvalue weighted by Crippen LogP contribution is 2.67. The van der Waals surface area contributed by atoms with Crippen LogP contribution in [0.1, 0.15) is 64.5 Å². The van der Waals surface area contributed by atoms with Gasteiger partial charge in [0.25, 0.3) is 0 Å². The van der Waals surface area contributed by atoms with Gasteiger partial charge in [0.2, 0.25) is 10.0 Å². The molecule has 2 saturated carbocycles. The van der Waals surface area contributed by atoms with Crippen molar-refractivity contribution in [3.63, 3.8) is 0 Å². The molecule has 6 atom stereocenters. The van der Waals surface area contributed by atoms with Gasteiger partial charge in [0, 0.05) is 29.8 Å². The van der Waals surface area contributed by atoms with E-state index in [1.165, 1.54) is 6.26 Å². The van der Waals surface area contributed by atoms with Crippen LogP contribution < -0.4 is 0 Å². The third-order valence-electron chi connectivity index (χ3n) is 9.89. The molecule has 178 valence electrons. The summed E-state index contributed by atoms with van der Waals surface area (Å²) in [6, 6.07) is 2.23. The molecule has 0 spiro atoms. The number of aromatic nitrogens is 2. The molecule has 4 aliphatic rings. The molecule has 7 nitrogen and oxygen atoms in total. The van der Waals surface area contributed by atoms with Crippen molar-refractivity contribution in [2.75, 3.05) is 19.3 Å². The Morgan fingerprint density at radius 3 is 2.70 bits per heavy atom. The van der Waals surface area contributed by atoms with Gasteiger partial charge in [-0.1, -0.05) is 13.8 Å². The predicted molar refractivity (Wildman–Crippen MR) is 125 cm³/mol. The average Bonchev–Trinajstić information content (AvgIpc) is 3.28. The lowest BCUT2D eigenvalue weighted by molar-refractivity contribution is -0.105. The molecule has 1 unspecified atom stereocenters. The number of allylic oxidation sites excluding steroid dienone is 2. The first-order valence-electron chi connectivity index (χ1n) is 12.2. The number of rotatable bonds is 3. The number of fused-ring (bicyclic) bond motifs is 5. The van der Waals surface area contributed by atoms with E-state index in [-0.39, 0.29) is 10.8 Å². The minimum atomic E-state index is -3.18. The highest BCUT2D eigenvalue weighted by Gasteiger charge is 2.60. The van der Waals surface area contributed by atoms with Crippen LogP contribution in [0.4, 0.5) is 0 Å². The smallest absolute Gasteiger partial charge is 0.211 e. The molecule has 1 aromatic heterocycles. The lowest BCUT2D eigenvalue weighted by atomic mass is 9.47. The molecule has 2 heterocycles. The molecular weight excluding hydrogens is 436 g/mol. The molecule has 5 rings (SSSR count). The van der Waals surface area contributed by atoms with Gasteiger partial charge in [0.1, 0.15) is 18.0 Å². The maximum atomic E-state index is 12.3. The average molecular weight is 471 g/mol. The lowest BCUT2D eigenvalue weighted by Crippen LogP contribution is -2.52. The van der Waals surface area contributed by atoms with E-state index in [0.717, 1.165) is 62.5 Å². The summed E-state index contributed by atoms with van der Waals surface area (Å²) in [5.74, 6) is 1.81. The van der Waals surface area contributed by atoms with Crippen LogP contribution in [0.15, 0.2) is 18.1 Å². The van der Waals surface area contributed by atoms with Crippen LogP contribution in [-0.2, 0) is 14.8 Å². The van der Waals surface area contributed by atoms with Crippen LogP contribution in [0.3, 0.4) is 0 Å². The number of hydrogen-bond acceptors (Lipinski definition) is 5. The van der Waals surface area contributed by atoms with Gasteiger partial charge >= 0.3 is 0 Å². The Morgan fingerprint density at radius 2 is 2.00 bits per heavy atom. The van der Waals surface area contributed by atoms with Crippen molar-refractivity contribution in [2.45, 2.75) is 58.8 Å². The SMILES string of the molecule is C[C@]12CCCN(S(C)(=O)=O)CC1CC[C@@H]1[C@@H]2CC[C@]2(C)C(n3cncc3C#N)=C(C=O)C[C@@H]12. The van der Waals surface area contributed by atoms with Gasteiger partial charge in [-0.15, -0.1) is 0 Å². The fourth-order valence-corrected chi connectivity index (χ4v) is 9.19. The summed E-state index contributed by atoms with van der Waals surface area (Å²) in [7, 11) is -3.18. The van der Waals surface area contributed by atoms with Crippen molar-refractivity contribution in [1.29, 1.82) is 5.26 Å². The van der Waals surface area contributed by atoms with Crippen molar-refractivity contribution < 1.29 is 13.2 Å². The van der Waals surface area contributed by atoms with Gasteiger partial charge in [-0.25, -0.2) is 17.7 Å². The molecule has 1 saturated heterocycles. The monoisotopic (exact) mass is 470 g/mol. The molecular formula is C25H34N4O3S. The topological polar surface area (TPSA) is 96.1 Å². The van der Waals surface area contributed by atoms with E-state index in [1.807, 2.05) is 4.57 Å². The largest absolute Gasteiger partial charge is 0.298 e. The standard InChI is InChI=1S/C25H34N4O3S/c1-24-8-4-10-28(33(3,31)32)14-18(24)5-6-20-21(24)7-9-25(2)22(20)11-17(15-30)23(25)29-16-27-13-19(29)12-26/h13,15-16,18,20-22H,4-11,14H2,1-3H3/t18?,20-,21+,22+,24+,25+/m1/s1. The fourth-order valence-electron chi connectivity index (χ4n) is 8.28. The van der Waals surface area contributed by atoms with Gasteiger partial charge in [-0.3, -0.25) is 9.36 Å². The van der Waals surface area contributed by atoms with E-state index >= 15 is 0 Å². The number of carbonyl (C=O) groups is 1. The van der Waals surface area contributed by atoms with Crippen molar-refractivity contribution in [3.8, 4) is 6.07 Å². The number of sulfonamides is 1. The van der Waals surface area contributed by atoms with Gasteiger partial charge in [0.05, 0.1) is 18.8 Å². The number of aldehydes is 1. The molecule has 1 aliphatic heterocycles. The van der Waals surface area contributed by atoms with Crippen molar-refractivity contribution >= 4 is 22.0 Å². The highest BCUT2D eigenvalue weighted by molar-refractivity contribution is 7.88. The maximum Gasteiger partial charge on any atom is 0.211 e. The second kappa shape index (κ2) is 7.78. The quantitative estimate of drug-likeness (QED) is 0.628. The molecule has 0 bridgehead atoms. The fraction of sp³-hybridized carbons (Fsp3) is 0.720. The molecule has 3 fully saturated rings. The van der Waals surface area contributed by atoms with Gasteiger partial charge < -0.3 is 0 Å². The van der Waals surface area contributed by atoms with E-state index in [4.69, 9.17) is 0 Å². The number of hydrogen-bond donors (Lipinski definition) is 0. The third-order valence-corrected chi connectivity index (χ3v) is 11.2. The summed E-state index contributed by atoms with van der Waals surface area (Å²) in [5.41, 5.74) is 2.24. The Hall–Kier alpha value is -1.98. The summed E-state index contributed by atoms with van der Waals surface area (Å²) in [6.07, 6.45) is 12.5. The Bertz CT molecular complexity index is 1150. The lowest BCUT2D eigenvalue weighted by Gasteiger charge is -2.58. The van der Waals surface area contributed by atoms with Crippen molar-refractivity contribution in [2.24, 2.45) is 34.5 Å². The summed E-state index contributed by atoms with van der Waals surface area (Å²) >= 11 is 0. The van der Waals surface area contributed by atoms with Gasteiger partial charge in [-0.05, 0) is 74.0 Å². The van der Waals surface area contributed by atoms with E-state index in [9.17, 15) is 18.5 Å². The summed E-state index contributed by atoms with van der Waals surface area (Å²) in [5, 5.41) is 9.59. The van der Waals surface area contributed by atoms with Crippen LogP contribution in [0, 0.1) is 45.8 Å². The second-order valence-electron chi connectivity index (χ2n) is 11.3. The number of carbonyl (C=O) groups excluding carboxylic acids is 1. The van der Waals surface area contributed by atoms with Crippen LogP contribution in [0.25, 0.3) is 5.70 Å². The Balaban J connectivity index is 1.48.